The monoisotopic (exact) mass is 183 g/mol. The molecule has 0 spiro atoms. The fourth-order valence-corrected chi connectivity index (χ4v) is 1.39. The lowest BCUT2D eigenvalue weighted by Gasteiger charge is -2.19. The average Bonchev–Trinajstić information content (AvgIpc) is 2.14. The molecule has 0 radical (unpaired) electrons. The van der Waals surface area contributed by atoms with Gasteiger partial charge in [-0.3, -0.25) is 0 Å². The van der Waals surface area contributed by atoms with Crippen molar-refractivity contribution in [3.05, 3.63) is 12.3 Å². The van der Waals surface area contributed by atoms with E-state index in [9.17, 15) is 0 Å². The first-order chi connectivity index (χ1) is 6.29. The maximum atomic E-state index is 5.44. The molecule has 0 amide bonds. The predicted octanol–water partition coefficient (Wildman–Crippen LogP) is 2.31. The van der Waals surface area contributed by atoms with Crippen LogP contribution in [0, 0.1) is 5.92 Å². The van der Waals surface area contributed by atoms with Crippen molar-refractivity contribution in [2.24, 2.45) is 5.92 Å². The van der Waals surface area contributed by atoms with Crippen LogP contribution in [0.1, 0.15) is 33.1 Å². The lowest BCUT2D eigenvalue weighted by molar-refractivity contribution is 0.122. The highest BCUT2D eigenvalue weighted by atomic mass is 16.5. The van der Waals surface area contributed by atoms with E-state index in [1.807, 2.05) is 6.26 Å². The highest BCUT2D eigenvalue weighted by Gasteiger charge is 2.09. The first-order valence-electron chi connectivity index (χ1n) is 5.30. The van der Waals surface area contributed by atoms with Crippen molar-refractivity contribution in [3.63, 3.8) is 0 Å². The largest absolute Gasteiger partial charge is 0.497 e. The Bertz CT molecular complexity index is 154. The number of hydrogen-bond donors (Lipinski definition) is 1. The van der Waals surface area contributed by atoms with Crippen LogP contribution < -0.4 is 5.32 Å². The maximum absolute atomic E-state index is 5.44. The zero-order valence-electron chi connectivity index (χ0n) is 8.75. The Balaban J connectivity index is 1.96. The van der Waals surface area contributed by atoms with E-state index in [0.717, 1.165) is 31.8 Å². The molecule has 0 bridgehead atoms. The molecule has 76 valence electrons. The lowest BCUT2D eigenvalue weighted by atomic mass is 10.1. The number of ether oxygens (including phenoxy) is 1. The second-order valence-corrected chi connectivity index (χ2v) is 4.09. The zero-order chi connectivity index (χ0) is 9.52. The summed E-state index contributed by atoms with van der Waals surface area (Å²) in [6.45, 7) is 6.61. The summed E-state index contributed by atoms with van der Waals surface area (Å²) in [5, 5.41) is 3.43. The molecule has 1 unspecified atom stereocenters. The summed E-state index contributed by atoms with van der Waals surface area (Å²) in [5.41, 5.74) is 0. The third kappa shape index (κ3) is 4.94. The Hall–Kier alpha value is -0.500. The van der Waals surface area contributed by atoms with Gasteiger partial charge in [0.05, 0.1) is 6.26 Å². The summed E-state index contributed by atoms with van der Waals surface area (Å²) < 4.78 is 5.44. The molecule has 2 nitrogen and oxygen atoms in total. The molecule has 1 atom stereocenters. The average molecular weight is 183 g/mol. The molecule has 13 heavy (non-hydrogen) atoms. The SMILES string of the molecule is CC(C)CCNCC1CCC=CO1. The molecule has 1 aliphatic rings. The smallest absolute Gasteiger partial charge is 0.110 e. The molecule has 0 aromatic heterocycles. The van der Waals surface area contributed by atoms with Gasteiger partial charge in [-0.25, -0.2) is 0 Å². The standard InChI is InChI=1S/C11H21NO/c1-10(2)6-7-12-9-11-5-3-4-8-13-11/h4,8,10-12H,3,5-7,9H2,1-2H3. The molecule has 0 aromatic rings. The van der Waals surface area contributed by atoms with Crippen molar-refractivity contribution in [2.45, 2.75) is 39.2 Å². The number of rotatable bonds is 5. The molecule has 1 aliphatic heterocycles. The van der Waals surface area contributed by atoms with Crippen LogP contribution in [0.25, 0.3) is 0 Å². The van der Waals surface area contributed by atoms with E-state index in [-0.39, 0.29) is 0 Å². The lowest BCUT2D eigenvalue weighted by Crippen LogP contribution is -2.30. The van der Waals surface area contributed by atoms with Gasteiger partial charge in [-0.1, -0.05) is 13.8 Å². The minimum Gasteiger partial charge on any atom is -0.497 e. The Morgan fingerprint density at radius 2 is 2.38 bits per heavy atom. The van der Waals surface area contributed by atoms with Crippen LogP contribution in [0.3, 0.4) is 0 Å². The van der Waals surface area contributed by atoms with Crippen LogP contribution in [0.4, 0.5) is 0 Å². The van der Waals surface area contributed by atoms with Gasteiger partial charge in [0.15, 0.2) is 0 Å². The van der Waals surface area contributed by atoms with Crippen molar-refractivity contribution >= 4 is 0 Å². The zero-order valence-corrected chi connectivity index (χ0v) is 8.75. The fraction of sp³-hybridized carbons (Fsp3) is 0.818. The van der Waals surface area contributed by atoms with Gasteiger partial charge in [0.2, 0.25) is 0 Å². The van der Waals surface area contributed by atoms with Crippen LogP contribution >= 0.6 is 0 Å². The van der Waals surface area contributed by atoms with Gasteiger partial charge in [-0.2, -0.15) is 0 Å². The number of nitrogens with one attached hydrogen (secondary N) is 1. The molecule has 0 saturated carbocycles. The predicted molar refractivity (Wildman–Crippen MR) is 55.6 cm³/mol. The van der Waals surface area contributed by atoms with E-state index in [4.69, 9.17) is 4.74 Å². The fourth-order valence-electron chi connectivity index (χ4n) is 1.39. The Kier molecular flexibility index (Phi) is 4.91. The van der Waals surface area contributed by atoms with Crippen LogP contribution in [0.2, 0.25) is 0 Å². The summed E-state index contributed by atoms with van der Waals surface area (Å²) in [4.78, 5) is 0. The van der Waals surface area contributed by atoms with E-state index >= 15 is 0 Å². The van der Waals surface area contributed by atoms with Crippen molar-refractivity contribution in [1.29, 1.82) is 0 Å². The second-order valence-electron chi connectivity index (χ2n) is 4.09. The van der Waals surface area contributed by atoms with E-state index in [1.165, 1.54) is 6.42 Å². The molecule has 1 heterocycles. The highest BCUT2D eigenvalue weighted by molar-refractivity contribution is 4.82. The Labute approximate surface area is 81.4 Å². The first-order valence-corrected chi connectivity index (χ1v) is 5.30. The van der Waals surface area contributed by atoms with Crippen molar-refractivity contribution < 1.29 is 4.74 Å². The molecule has 0 fully saturated rings. The summed E-state index contributed by atoms with van der Waals surface area (Å²) in [6.07, 6.45) is 7.89. The molecular formula is C11H21NO. The van der Waals surface area contributed by atoms with E-state index in [1.54, 1.807) is 0 Å². The molecule has 2 heteroatoms. The Morgan fingerprint density at radius 1 is 1.54 bits per heavy atom. The van der Waals surface area contributed by atoms with Crippen LogP contribution in [0.5, 0.6) is 0 Å². The molecule has 0 aromatic carbocycles. The van der Waals surface area contributed by atoms with Gasteiger partial charge >= 0.3 is 0 Å². The molecule has 0 saturated heterocycles. The molecular weight excluding hydrogens is 162 g/mol. The topological polar surface area (TPSA) is 21.3 Å². The van der Waals surface area contributed by atoms with Crippen LogP contribution in [-0.4, -0.2) is 19.2 Å². The molecule has 1 rings (SSSR count). The van der Waals surface area contributed by atoms with Crippen molar-refractivity contribution in [2.75, 3.05) is 13.1 Å². The van der Waals surface area contributed by atoms with Gasteiger partial charge in [-0.05, 0) is 37.8 Å². The van der Waals surface area contributed by atoms with Gasteiger partial charge in [0, 0.05) is 6.54 Å². The number of hydrogen-bond acceptors (Lipinski definition) is 2. The van der Waals surface area contributed by atoms with E-state index < -0.39 is 0 Å². The van der Waals surface area contributed by atoms with Crippen LogP contribution in [-0.2, 0) is 4.74 Å². The number of allylic oxidation sites excluding steroid dienone is 1. The third-order valence-corrected chi connectivity index (χ3v) is 2.29. The van der Waals surface area contributed by atoms with Gasteiger partial charge in [0.1, 0.15) is 6.10 Å². The first kappa shape index (κ1) is 10.6. The van der Waals surface area contributed by atoms with E-state index in [2.05, 4.69) is 25.2 Å². The second kappa shape index (κ2) is 6.03. The minimum atomic E-state index is 0.400. The van der Waals surface area contributed by atoms with Gasteiger partial charge in [0.25, 0.3) is 0 Å². The molecule has 1 N–H and O–H groups in total. The Morgan fingerprint density at radius 3 is 3.00 bits per heavy atom. The normalized spacial score (nSPS) is 21.9. The van der Waals surface area contributed by atoms with Crippen molar-refractivity contribution in [3.8, 4) is 0 Å². The molecule has 0 aliphatic carbocycles. The highest BCUT2D eigenvalue weighted by Crippen LogP contribution is 2.08. The maximum Gasteiger partial charge on any atom is 0.110 e. The van der Waals surface area contributed by atoms with Crippen molar-refractivity contribution in [1.82, 2.24) is 5.32 Å². The third-order valence-electron chi connectivity index (χ3n) is 2.29. The summed E-state index contributed by atoms with van der Waals surface area (Å²) in [6, 6.07) is 0. The van der Waals surface area contributed by atoms with Crippen LogP contribution in [0.15, 0.2) is 12.3 Å². The van der Waals surface area contributed by atoms with E-state index in [0.29, 0.717) is 6.10 Å². The summed E-state index contributed by atoms with van der Waals surface area (Å²) in [5.74, 6) is 0.791. The summed E-state index contributed by atoms with van der Waals surface area (Å²) >= 11 is 0. The quantitative estimate of drug-likeness (QED) is 0.660. The summed E-state index contributed by atoms with van der Waals surface area (Å²) in [7, 11) is 0. The minimum absolute atomic E-state index is 0.400. The van der Waals surface area contributed by atoms with Gasteiger partial charge in [-0.15, -0.1) is 0 Å². The van der Waals surface area contributed by atoms with Gasteiger partial charge < -0.3 is 10.1 Å².